The van der Waals surface area contributed by atoms with Crippen LogP contribution in [0.15, 0.2) is 12.1 Å². The summed E-state index contributed by atoms with van der Waals surface area (Å²) in [4.78, 5) is 51.0. The second-order valence-corrected chi connectivity index (χ2v) is 13.1. The first-order valence-electron chi connectivity index (χ1n) is 13.0. The van der Waals surface area contributed by atoms with Crippen LogP contribution >= 0.6 is 0 Å². The molecule has 1 aromatic heterocycles. The van der Waals surface area contributed by atoms with Gasteiger partial charge in [0.1, 0.15) is 0 Å². The van der Waals surface area contributed by atoms with Crippen LogP contribution in [-0.4, -0.2) is 118 Å². The lowest BCUT2D eigenvalue weighted by Crippen LogP contribution is -2.45. The van der Waals surface area contributed by atoms with Crippen molar-refractivity contribution in [3.8, 4) is 0 Å². The molecule has 1 aliphatic rings. The highest BCUT2D eigenvalue weighted by Gasteiger charge is 2.41. The van der Waals surface area contributed by atoms with E-state index in [1.165, 1.54) is 5.56 Å². The van der Waals surface area contributed by atoms with E-state index in [1.54, 1.807) is 4.90 Å². The zero-order chi connectivity index (χ0) is 31.3. The summed E-state index contributed by atoms with van der Waals surface area (Å²) in [6, 6.07) is 4.03. The summed E-state index contributed by atoms with van der Waals surface area (Å²) >= 11 is 0. The standard InChI is InChI=1S/C21H31N3O3S.C6H8O7/c1-14-10-15(2)21-18(16(3)22-19(21)11-14)12-20(25)24(8-7-23(4)5)17-6-9-28(26,27)13-17;7-3(8)1-6(13,5(11)12)2-4(9)10/h10-11,17,22H,6-9,12-13H2,1-5H3;13H,1-2H2,(H,7,8)(H,9,10)(H,11,12). The van der Waals surface area contributed by atoms with Gasteiger partial charge >= 0.3 is 17.9 Å². The summed E-state index contributed by atoms with van der Waals surface area (Å²) in [6.45, 7) is 7.40. The maximum absolute atomic E-state index is 13.3. The smallest absolute Gasteiger partial charge is 0.336 e. The molecule has 14 heteroatoms. The van der Waals surface area contributed by atoms with Gasteiger partial charge in [-0.1, -0.05) is 6.07 Å². The number of hydrogen-bond acceptors (Lipinski definition) is 8. The second-order valence-electron chi connectivity index (χ2n) is 10.8. The van der Waals surface area contributed by atoms with Crippen molar-refractivity contribution in [3.63, 3.8) is 0 Å². The van der Waals surface area contributed by atoms with Crippen LogP contribution in [0.2, 0.25) is 0 Å². The Morgan fingerprint density at radius 2 is 1.59 bits per heavy atom. The molecule has 1 unspecified atom stereocenters. The van der Waals surface area contributed by atoms with Crippen LogP contribution in [0.1, 0.15) is 41.6 Å². The van der Waals surface area contributed by atoms with E-state index >= 15 is 0 Å². The maximum Gasteiger partial charge on any atom is 0.336 e. The number of aliphatic hydroxyl groups is 1. The number of carbonyl (C=O) groups is 4. The van der Waals surface area contributed by atoms with Crippen molar-refractivity contribution in [1.82, 2.24) is 14.8 Å². The van der Waals surface area contributed by atoms with E-state index in [1.807, 2.05) is 25.9 Å². The number of aliphatic carboxylic acids is 3. The number of likely N-dealkylation sites (N-methyl/N-ethyl adjacent to an activating group) is 1. The number of fused-ring (bicyclic) bond motifs is 1. The summed E-state index contributed by atoms with van der Waals surface area (Å²) in [5, 5.41) is 34.9. The Morgan fingerprint density at radius 1 is 1.00 bits per heavy atom. The lowest BCUT2D eigenvalue weighted by molar-refractivity contribution is -0.170. The third-order valence-electron chi connectivity index (χ3n) is 6.93. The predicted octanol–water partition coefficient (Wildman–Crippen LogP) is 0.964. The molecule has 1 amide bonds. The van der Waals surface area contributed by atoms with Gasteiger partial charge in [0.2, 0.25) is 5.91 Å². The molecule has 5 N–H and O–H groups in total. The fraction of sp³-hybridized carbons (Fsp3) is 0.556. The summed E-state index contributed by atoms with van der Waals surface area (Å²) in [7, 11) is 0.881. The molecule has 0 radical (unpaired) electrons. The van der Waals surface area contributed by atoms with Gasteiger partial charge in [-0.25, -0.2) is 13.2 Å². The number of nitrogens with zero attached hydrogens (tertiary/aromatic N) is 2. The van der Waals surface area contributed by atoms with E-state index in [2.05, 4.69) is 31.0 Å². The van der Waals surface area contributed by atoms with Crippen LogP contribution < -0.4 is 0 Å². The Labute approximate surface area is 238 Å². The van der Waals surface area contributed by atoms with Crippen LogP contribution in [0.25, 0.3) is 10.9 Å². The van der Waals surface area contributed by atoms with Gasteiger partial charge in [0.25, 0.3) is 0 Å². The van der Waals surface area contributed by atoms with Gasteiger partial charge in [-0.3, -0.25) is 14.4 Å². The van der Waals surface area contributed by atoms with E-state index in [0.717, 1.165) is 27.7 Å². The third-order valence-corrected chi connectivity index (χ3v) is 8.68. The minimum absolute atomic E-state index is 0.00734. The highest BCUT2D eigenvalue weighted by Crippen LogP contribution is 2.28. The first-order chi connectivity index (χ1) is 18.8. The number of rotatable bonds is 11. The van der Waals surface area contributed by atoms with Crippen molar-refractivity contribution in [2.45, 2.75) is 58.1 Å². The zero-order valence-corrected chi connectivity index (χ0v) is 24.7. The molecule has 228 valence electrons. The highest BCUT2D eigenvalue weighted by atomic mass is 32.2. The first kappa shape index (κ1) is 33.7. The molecule has 2 heterocycles. The lowest BCUT2D eigenvalue weighted by Gasteiger charge is -2.29. The average Bonchev–Trinajstić information content (AvgIpc) is 3.31. The molecule has 0 bridgehead atoms. The minimum Gasteiger partial charge on any atom is -0.481 e. The monoisotopic (exact) mass is 597 g/mol. The summed E-state index contributed by atoms with van der Waals surface area (Å²) in [6.07, 6.45) is -1.46. The molecule has 1 atom stereocenters. The molecule has 0 aliphatic carbocycles. The van der Waals surface area contributed by atoms with Crippen molar-refractivity contribution < 1.29 is 48.0 Å². The van der Waals surface area contributed by atoms with Gasteiger partial charge in [0, 0.05) is 35.7 Å². The molecule has 2 aromatic rings. The number of hydrogen-bond donors (Lipinski definition) is 5. The topological polar surface area (TPSA) is 206 Å². The van der Waals surface area contributed by atoms with Crippen LogP contribution in [0.4, 0.5) is 0 Å². The SMILES string of the molecule is Cc1cc(C)c2c(CC(=O)N(CCN(C)C)C3CCS(=O)(=O)C3)c(C)[nH]c2c1.O=C(O)CC(O)(CC(=O)O)C(=O)O. The quantitative estimate of drug-likeness (QED) is 0.247. The zero-order valence-electron chi connectivity index (χ0n) is 23.9. The molecular weight excluding hydrogens is 558 g/mol. The fourth-order valence-electron chi connectivity index (χ4n) is 4.96. The van der Waals surface area contributed by atoms with E-state index < -0.39 is 46.2 Å². The Hall–Kier alpha value is -3.49. The van der Waals surface area contributed by atoms with Crippen LogP contribution in [-0.2, 0) is 35.4 Å². The molecule has 1 aliphatic heterocycles. The minimum atomic E-state index is -3.04. The van der Waals surface area contributed by atoms with Crippen molar-refractivity contribution in [2.75, 3.05) is 38.7 Å². The van der Waals surface area contributed by atoms with Crippen molar-refractivity contribution in [1.29, 1.82) is 0 Å². The number of aromatic nitrogens is 1. The fourth-order valence-corrected chi connectivity index (χ4v) is 6.69. The number of carbonyl (C=O) groups excluding carboxylic acids is 1. The Bertz CT molecular complexity index is 1400. The highest BCUT2D eigenvalue weighted by molar-refractivity contribution is 7.91. The number of amides is 1. The molecule has 13 nitrogen and oxygen atoms in total. The van der Waals surface area contributed by atoms with Gasteiger partial charge in [0.15, 0.2) is 15.4 Å². The van der Waals surface area contributed by atoms with Crippen LogP contribution in [0.3, 0.4) is 0 Å². The van der Waals surface area contributed by atoms with Crippen molar-refractivity contribution in [2.24, 2.45) is 0 Å². The van der Waals surface area contributed by atoms with E-state index in [-0.39, 0.29) is 23.5 Å². The Morgan fingerprint density at radius 3 is 2.05 bits per heavy atom. The van der Waals surface area contributed by atoms with Gasteiger partial charge in [-0.2, -0.15) is 0 Å². The first-order valence-corrected chi connectivity index (χ1v) is 14.8. The van der Waals surface area contributed by atoms with E-state index in [4.69, 9.17) is 20.4 Å². The number of carboxylic acid groups (broad SMARTS) is 3. The van der Waals surface area contributed by atoms with Gasteiger partial charge < -0.3 is 35.2 Å². The normalized spacial score (nSPS) is 16.3. The summed E-state index contributed by atoms with van der Waals surface area (Å²) in [5.74, 6) is -4.76. The van der Waals surface area contributed by atoms with Crippen molar-refractivity contribution >= 4 is 44.6 Å². The van der Waals surface area contributed by atoms with Crippen molar-refractivity contribution in [3.05, 3.63) is 34.5 Å². The molecule has 41 heavy (non-hydrogen) atoms. The predicted molar refractivity (Wildman–Crippen MR) is 151 cm³/mol. The molecule has 0 spiro atoms. The van der Waals surface area contributed by atoms with Gasteiger partial charge in [0.05, 0.1) is 30.8 Å². The number of sulfone groups is 1. The van der Waals surface area contributed by atoms with E-state index in [0.29, 0.717) is 25.9 Å². The maximum atomic E-state index is 13.3. The molecule has 1 aromatic carbocycles. The second kappa shape index (κ2) is 13.4. The van der Waals surface area contributed by atoms with E-state index in [9.17, 15) is 27.6 Å². The number of aryl methyl sites for hydroxylation is 3. The van der Waals surface area contributed by atoms with Crippen LogP contribution in [0.5, 0.6) is 0 Å². The molecule has 0 saturated carbocycles. The Balaban J connectivity index is 0.000000383. The number of H-pyrrole nitrogens is 1. The summed E-state index contributed by atoms with van der Waals surface area (Å²) in [5.41, 5.74) is 2.69. The largest absolute Gasteiger partial charge is 0.481 e. The Kier molecular flexibility index (Phi) is 11.1. The number of benzene rings is 1. The molecule has 3 rings (SSSR count). The number of nitrogens with one attached hydrogen (secondary N) is 1. The van der Waals surface area contributed by atoms with Gasteiger partial charge in [-0.15, -0.1) is 0 Å². The van der Waals surface area contributed by atoms with Crippen LogP contribution in [0, 0.1) is 20.8 Å². The lowest BCUT2D eigenvalue weighted by atomic mass is 9.96. The van der Waals surface area contributed by atoms with Gasteiger partial charge in [-0.05, 0) is 64.0 Å². The number of carboxylic acids is 3. The average molecular weight is 598 g/mol. The summed E-state index contributed by atoms with van der Waals surface area (Å²) < 4.78 is 24.0. The third kappa shape index (κ3) is 9.26. The molecule has 1 fully saturated rings. The number of aromatic amines is 1. The molecule has 1 saturated heterocycles. The molecular formula is C27H39N3O10S.